The van der Waals surface area contributed by atoms with Crippen LogP contribution in [0.25, 0.3) is 0 Å². The van der Waals surface area contributed by atoms with Crippen molar-refractivity contribution in [1.82, 2.24) is 0 Å². The summed E-state index contributed by atoms with van der Waals surface area (Å²) < 4.78 is 5.55. The fourth-order valence-corrected chi connectivity index (χ4v) is 1.89. The molecule has 0 amide bonds. The lowest BCUT2D eigenvalue weighted by Crippen LogP contribution is -2.13. The van der Waals surface area contributed by atoms with Gasteiger partial charge in [0.1, 0.15) is 0 Å². The Hall–Kier alpha value is -0.860. The molecule has 2 rings (SSSR count). The lowest BCUT2D eigenvalue weighted by Gasteiger charge is -2.18. The molecular weight excluding hydrogens is 176 g/mol. The minimum atomic E-state index is -0.581. The second kappa shape index (κ2) is 4.58. The molecule has 14 heavy (non-hydrogen) atoms. The van der Waals surface area contributed by atoms with Gasteiger partial charge in [-0.15, -0.1) is 0 Å². The average Bonchev–Trinajstić information content (AvgIpc) is 2.44. The Morgan fingerprint density at radius 1 is 1.07 bits per heavy atom. The van der Waals surface area contributed by atoms with Crippen LogP contribution in [0.15, 0.2) is 30.3 Å². The van der Waals surface area contributed by atoms with E-state index in [0.29, 0.717) is 0 Å². The highest BCUT2D eigenvalue weighted by Crippen LogP contribution is 2.28. The van der Waals surface area contributed by atoms with Crippen molar-refractivity contribution in [2.24, 2.45) is 0 Å². The van der Waals surface area contributed by atoms with Gasteiger partial charge in [-0.25, -0.2) is 0 Å². The Morgan fingerprint density at radius 3 is 2.57 bits per heavy atom. The molecule has 0 radical (unpaired) electrons. The molecule has 0 bridgehead atoms. The topological polar surface area (TPSA) is 29.5 Å². The molecular formula is C12H16O2. The van der Waals surface area contributed by atoms with Crippen molar-refractivity contribution in [1.29, 1.82) is 0 Å². The van der Waals surface area contributed by atoms with Gasteiger partial charge in [-0.1, -0.05) is 36.8 Å². The van der Waals surface area contributed by atoms with E-state index < -0.39 is 6.29 Å². The van der Waals surface area contributed by atoms with E-state index >= 15 is 0 Å². The van der Waals surface area contributed by atoms with Gasteiger partial charge >= 0.3 is 0 Å². The van der Waals surface area contributed by atoms with Crippen molar-refractivity contribution in [2.75, 3.05) is 0 Å². The number of rotatable bonds is 1. The minimum absolute atomic E-state index is 0.0775. The van der Waals surface area contributed by atoms with E-state index in [2.05, 4.69) is 12.1 Å². The van der Waals surface area contributed by atoms with Crippen molar-refractivity contribution < 1.29 is 9.84 Å². The van der Waals surface area contributed by atoms with Gasteiger partial charge in [-0.3, -0.25) is 0 Å². The van der Waals surface area contributed by atoms with Crippen LogP contribution >= 0.6 is 0 Å². The zero-order valence-electron chi connectivity index (χ0n) is 8.23. The third-order valence-electron chi connectivity index (χ3n) is 2.66. The fraction of sp³-hybridized carbons (Fsp3) is 0.500. The van der Waals surface area contributed by atoms with E-state index in [-0.39, 0.29) is 6.10 Å². The molecule has 2 atom stereocenters. The molecule has 0 aromatic heterocycles. The van der Waals surface area contributed by atoms with Gasteiger partial charge in [-0.05, 0) is 24.8 Å². The van der Waals surface area contributed by atoms with E-state index in [4.69, 9.17) is 4.74 Å². The fourth-order valence-electron chi connectivity index (χ4n) is 1.89. The Kier molecular flexibility index (Phi) is 3.17. The van der Waals surface area contributed by atoms with Gasteiger partial charge < -0.3 is 9.84 Å². The summed E-state index contributed by atoms with van der Waals surface area (Å²) in [4.78, 5) is 0. The predicted molar refractivity (Wildman–Crippen MR) is 54.7 cm³/mol. The zero-order valence-corrected chi connectivity index (χ0v) is 8.23. The second-order valence-electron chi connectivity index (χ2n) is 3.77. The molecule has 1 aromatic carbocycles. The summed E-state index contributed by atoms with van der Waals surface area (Å²) in [6.45, 7) is 0. The SMILES string of the molecule is OC1CCCCC(c2ccccc2)O1. The van der Waals surface area contributed by atoms with Crippen LogP contribution in [0.1, 0.15) is 37.4 Å². The van der Waals surface area contributed by atoms with Crippen LogP contribution in [0.2, 0.25) is 0 Å². The first-order valence-corrected chi connectivity index (χ1v) is 5.25. The van der Waals surface area contributed by atoms with Crippen LogP contribution < -0.4 is 0 Å². The van der Waals surface area contributed by atoms with Gasteiger partial charge in [0.2, 0.25) is 0 Å². The zero-order chi connectivity index (χ0) is 9.80. The molecule has 1 saturated heterocycles. The molecule has 1 fully saturated rings. The minimum Gasteiger partial charge on any atom is -0.368 e. The molecule has 1 N–H and O–H groups in total. The highest BCUT2D eigenvalue weighted by Gasteiger charge is 2.19. The van der Waals surface area contributed by atoms with E-state index in [1.165, 1.54) is 5.56 Å². The first kappa shape index (κ1) is 9.69. The monoisotopic (exact) mass is 192 g/mol. The van der Waals surface area contributed by atoms with Gasteiger partial charge in [0, 0.05) is 0 Å². The number of aliphatic hydroxyl groups excluding tert-OH is 1. The van der Waals surface area contributed by atoms with Crippen molar-refractivity contribution >= 4 is 0 Å². The molecule has 76 valence electrons. The van der Waals surface area contributed by atoms with Crippen LogP contribution in [0, 0.1) is 0 Å². The van der Waals surface area contributed by atoms with Crippen molar-refractivity contribution in [3.63, 3.8) is 0 Å². The summed E-state index contributed by atoms with van der Waals surface area (Å²) in [5.74, 6) is 0. The van der Waals surface area contributed by atoms with E-state index in [0.717, 1.165) is 25.7 Å². The van der Waals surface area contributed by atoms with Crippen molar-refractivity contribution in [2.45, 2.75) is 38.1 Å². The van der Waals surface area contributed by atoms with Crippen LogP contribution in [-0.2, 0) is 4.74 Å². The number of aliphatic hydroxyl groups is 1. The van der Waals surface area contributed by atoms with E-state index in [1.54, 1.807) is 0 Å². The summed E-state index contributed by atoms with van der Waals surface area (Å²) in [5, 5.41) is 9.50. The van der Waals surface area contributed by atoms with Gasteiger partial charge in [-0.2, -0.15) is 0 Å². The normalized spacial score (nSPS) is 28.4. The van der Waals surface area contributed by atoms with Gasteiger partial charge in [0.05, 0.1) is 6.10 Å². The largest absolute Gasteiger partial charge is 0.368 e. The van der Waals surface area contributed by atoms with Crippen LogP contribution in [0.5, 0.6) is 0 Å². The van der Waals surface area contributed by atoms with Crippen molar-refractivity contribution in [3.05, 3.63) is 35.9 Å². The van der Waals surface area contributed by atoms with Gasteiger partial charge in [0.15, 0.2) is 6.29 Å². The molecule has 2 unspecified atom stereocenters. The molecule has 1 aliphatic rings. The standard InChI is InChI=1S/C12H16O2/c13-12-9-5-4-8-11(14-12)10-6-2-1-3-7-10/h1-3,6-7,11-13H,4-5,8-9H2. The third kappa shape index (κ3) is 2.34. The van der Waals surface area contributed by atoms with Crippen LogP contribution in [0.4, 0.5) is 0 Å². The molecule has 2 nitrogen and oxygen atoms in total. The lowest BCUT2D eigenvalue weighted by atomic mass is 10.0. The summed E-state index contributed by atoms with van der Waals surface area (Å²) >= 11 is 0. The molecule has 2 heteroatoms. The Balaban J connectivity index is 2.09. The number of ether oxygens (including phenoxy) is 1. The Morgan fingerprint density at radius 2 is 1.79 bits per heavy atom. The Bertz CT molecular complexity index is 271. The third-order valence-corrected chi connectivity index (χ3v) is 2.66. The van der Waals surface area contributed by atoms with Crippen molar-refractivity contribution in [3.8, 4) is 0 Å². The molecule has 0 aliphatic carbocycles. The first-order chi connectivity index (χ1) is 6.86. The summed E-state index contributed by atoms with van der Waals surface area (Å²) in [5.41, 5.74) is 1.17. The smallest absolute Gasteiger partial charge is 0.155 e. The molecule has 1 aromatic rings. The number of hydrogen-bond donors (Lipinski definition) is 1. The van der Waals surface area contributed by atoms with Gasteiger partial charge in [0.25, 0.3) is 0 Å². The number of hydrogen-bond acceptors (Lipinski definition) is 2. The summed E-state index contributed by atoms with van der Waals surface area (Å²) in [6, 6.07) is 10.1. The first-order valence-electron chi connectivity index (χ1n) is 5.25. The maximum Gasteiger partial charge on any atom is 0.155 e. The number of benzene rings is 1. The van der Waals surface area contributed by atoms with Crippen LogP contribution in [0.3, 0.4) is 0 Å². The quantitative estimate of drug-likeness (QED) is 0.741. The maximum absolute atomic E-state index is 9.50. The van der Waals surface area contributed by atoms with E-state index in [9.17, 15) is 5.11 Å². The summed E-state index contributed by atoms with van der Waals surface area (Å²) in [6.07, 6.45) is 3.47. The Labute approximate surface area is 84.5 Å². The highest BCUT2D eigenvalue weighted by atomic mass is 16.6. The molecule has 0 saturated carbocycles. The molecule has 1 aliphatic heterocycles. The molecule has 0 spiro atoms. The summed E-state index contributed by atoms with van der Waals surface area (Å²) in [7, 11) is 0. The predicted octanol–water partition coefficient (Wildman–Crippen LogP) is 2.64. The average molecular weight is 192 g/mol. The highest BCUT2D eigenvalue weighted by molar-refractivity contribution is 5.17. The molecule has 1 heterocycles. The van der Waals surface area contributed by atoms with Crippen LogP contribution in [-0.4, -0.2) is 11.4 Å². The lowest BCUT2D eigenvalue weighted by molar-refractivity contribution is -0.134. The second-order valence-corrected chi connectivity index (χ2v) is 3.77. The maximum atomic E-state index is 9.50. The van der Waals surface area contributed by atoms with E-state index in [1.807, 2.05) is 18.2 Å².